The number of hydrogen-bond donors (Lipinski definition) is 2. The van der Waals surface area contributed by atoms with Crippen LogP contribution in [0.4, 0.5) is 27.6 Å². The van der Waals surface area contributed by atoms with Gasteiger partial charge in [-0.2, -0.15) is 18.4 Å². The number of nitrogens with one attached hydrogen (secondary N) is 1. The van der Waals surface area contributed by atoms with Crippen LogP contribution in [0.5, 0.6) is 0 Å². The highest BCUT2D eigenvalue weighted by Gasteiger charge is 2.39. The molecule has 0 fully saturated rings. The highest BCUT2D eigenvalue weighted by Crippen LogP contribution is 2.32. The molecule has 1 heterocycles. The molecule has 5 nitrogen and oxygen atoms in total. The van der Waals surface area contributed by atoms with Gasteiger partial charge in [-0.25, -0.2) is 13.8 Å². The first-order chi connectivity index (χ1) is 13.4. The van der Waals surface area contributed by atoms with E-state index in [0.717, 1.165) is 12.3 Å². The topological polar surface area (TPSA) is 86.0 Å². The summed E-state index contributed by atoms with van der Waals surface area (Å²) in [6.07, 6.45) is -7.45. The maximum Gasteiger partial charge on any atom is 0.414 e. The van der Waals surface area contributed by atoms with E-state index in [0.29, 0.717) is 6.07 Å². The van der Waals surface area contributed by atoms with Crippen LogP contribution < -0.4 is 5.32 Å². The molecule has 0 radical (unpaired) electrons. The van der Waals surface area contributed by atoms with Gasteiger partial charge in [0.25, 0.3) is 5.91 Å². The third kappa shape index (κ3) is 5.40. The van der Waals surface area contributed by atoms with E-state index < -0.39 is 47.7 Å². The number of hydrogen-bond acceptors (Lipinski definition) is 4. The van der Waals surface area contributed by atoms with Crippen LogP contribution in [0.25, 0.3) is 0 Å². The van der Waals surface area contributed by atoms with Crippen molar-refractivity contribution in [1.82, 2.24) is 4.98 Å². The van der Waals surface area contributed by atoms with Crippen molar-refractivity contribution in [2.24, 2.45) is 0 Å². The zero-order valence-electron chi connectivity index (χ0n) is 14.7. The Morgan fingerprint density at radius 3 is 2.55 bits per heavy atom. The van der Waals surface area contributed by atoms with E-state index >= 15 is 0 Å². The first kappa shape index (κ1) is 22.5. The summed E-state index contributed by atoms with van der Waals surface area (Å²) in [4.78, 5) is 16.0. The van der Waals surface area contributed by atoms with Gasteiger partial charge in [0.05, 0.1) is 10.6 Å². The van der Waals surface area contributed by atoms with E-state index in [1.54, 1.807) is 6.07 Å². The monoisotopic (exact) mass is 433 g/mol. The van der Waals surface area contributed by atoms with Gasteiger partial charge in [0.15, 0.2) is 11.6 Å². The third-order valence-corrected chi connectivity index (χ3v) is 4.27. The molecule has 0 aliphatic rings. The molecule has 0 aliphatic carbocycles. The molecule has 1 aromatic heterocycles. The minimum absolute atomic E-state index is 0.0960. The molecule has 0 saturated carbocycles. The second-order valence-electron chi connectivity index (χ2n) is 6.18. The van der Waals surface area contributed by atoms with Crippen molar-refractivity contribution in [3.05, 3.63) is 57.9 Å². The Labute approximate surface area is 166 Å². The standard InChI is InChI=1S/C18H13ClF5N3O2/c1-8(2-14(28)18(22,23)24)11-4-10(5-13(20)15(11)21)27-17(29)16-12(19)3-9(6-25)7-26-16/h3-5,7-8,14,28H,2H2,1H3,(H,27,29)/t8-,14?/m1/s1. The lowest BCUT2D eigenvalue weighted by atomic mass is 9.93. The summed E-state index contributed by atoms with van der Waals surface area (Å²) in [6.45, 7) is 1.18. The summed E-state index contributed by atoms with van der Waals surface area (Å²) in [5.74, 6) is -4.90. The number of pyridine rings is 1. The Hall–Kier alpha value is -2.77. The van der Waals surface area contributed by atoms with E-state index in [1.807, 2.05) is 0 Å². The quantitative estimate of drug-likeness (QED) is 0.677. The molecule has 0 spiro atoms. The van der Waals surface area contributed by atoms with Gasteiger partial charge < -0.3 is 10.4 Å². The number of aromatic nitrogens is 1. The molecule has 1 aromatic carbocycles. The summed E-state index contributed by atoms with van der Waals surface area (Å²) in [5, 5.41) is 20.0. The largest absolute Gasteiger partial charge is 0.414 e. The fourth-order valence-corrected chi connectivity index (χ4v) is 2.75. The number of anilines is 1. The number of aliphatic hydroxyl groups is 1. The first-order valence-corrected chi connectivity index (χ1v) is 8.42. The Bertz CT molecular complexity index is 975. The summed E-state index contributed by atoms with van der Waals surface area (Å²) in [7, 11) is 0. The van der Waals surface area contributed by atoms with Crippen molar-refractivity contribution < 1.29 is 31.9 Å². The Morgan fingerprint density at radius 1 is 1.34 bits per heavy atom. The van der Waals surface area contributed by atoms with Crippen molar-refractivity contribution in [1.29, 1.82) is 5.26 Å². The van der Waals surface area contributed by atoms with Crippen molar-refractivity contribution in [3.8, 4) is 6.07 Å². The molecule has 0 aliphatic heterocycles. The van der Waals surface area contributed by atoms with Crippen LogP contribution in [0.1, 0.15) is 40.9 Å². The molecule has 2 N–H and O–H groups in total. The summed E-state index contributed by atoms with van der Waals surface area (Å²) < 4.78 is 65.6. The van der Waals surface area contributed by atoms with E-state index in [2.05, 4.69) is 10.3 Å². The first-order valence-electron chi connectivity index (χ1n) is 8.04. The number of carbonyl (C=O) groups is 1. The van der Waals surface area contributed by atoms with E-state index in [4.69, 9.17) is 22.0 Å². The number of alkyl halides is 3. The third-order valence-electron chi connectivity index (χ3n) is 3.99. The highest BCUT2D eigenvalue weighted by atomic mass is 35.5. The highest BCUT2D eigenvalue weighted by molar-refractivity contribution is 6.34. The van der Waals surface area contributed by atoms with Crippen molar-refractivity contribution in [2.75, 3.05) is 5.32 Å². The molecule has 1 amide bonds. The van der Waals surface area contributed by atoms with Gasteiger partial charge in [-0.3, -0.25) is 4.79 Å². The molecule has 2 rings (SSSR count). The number of nitriles is 1. The van der Waals surface area contributed by atoms with Gasteiger partial charge in [-0.15, -0.1) is 0 Å². The van der Waals surface area contributed by atoms with Gasteiger partial charge >= 0.3 is 6.18 Å². The molecule has 11 heteroatoms. The molecular weight excluding hydrogens is 421 g/mol. The van der Waals surface area contributed by atoms with Crippen molar-refractivity contribution in [2.45, 2.75) is 31.5 Å². The number of carbonyl (C=O) groups excluding carboxylic acids is 1. The van der Waals surface area contributed by atoms with E-state index in [-0.39, 0.29) is 22.0 Å². The smallest absolute Gasteiger partial charge is 0.384 e. The number of amides is 1. The summed E-state index contributed by atoms with van der Waals surface area (Å²) in [5.41, 5.74) is -0.904. The van der Waals surface area contributed by atoms with Gasteiger partial charge in [0.2, 0.25) is 0 Å². The van der Waals surface area contributed by atoms with E-state index in [9.17, 15) is 26.7 Å². The van der Waals surface area contributed by atoms with Crippen LogP contribution in [-0.2, 0) is 0 Å². The van der Waals surface area contributed by atoms with Crippen LogP contribution in [0, 0.1) is 23.0 Å². The van der Waals surface area contributed by atoms with Gasteiger partial charge in [-0.05, 0) is 30.0 Å². The zero-order chi connectivity index (χ0) is 21.9. The van der Waals surface area contributed by atoms with Crippen LogP contribution in [-0.4, -0.2) is 28.3 Å². The molecule has 0 saturated heterocycles. The second-order valence-corrected chi connectivity index (χ2v) is 6.58. The molecule has 0 bridgehead atoms. The number of rotatable bonds is 5. The lowest BCUT2D eigenvalue weighted by molar-refractivity contribution is -0.206. The number of aliphatic hydroxyl groups excluding tert-OH is 1. The Balaban J connectivity index is 2.29. The van der Waals surface area contributed by atoms with Crippen LogP contribution in [0.2, 0.25) is 5.02 Å². The molecular formula is C18H13ClF5N3O2. The molecule has 154 valence electrons. The lowest BCUT2D eigenvalue weighted by Gasteiger charge is -2.20. The zero-order valence-corrected chi connectivity index (χ0v) is 15.4. The average Bonchev–Trinajstić information content (AvgIpc) is 2.63. The summed E-state index contributed by atoms with van der Waals surface area (Å²) in [6, 6.07) is 4.55. The molecule has 2 atom stereocenters. The number of benzene rings is 1. The fourth-order valence-electron chi connectivity index (χ4n) is 2.49. The Morgan fingerprint density at radius 2 is 2.00 bits per heavy atom. The average molecular weight is 434 g/mol. The van der Waals surface area contributed by atoms with Gasteiger partial charge in [-0.1, -0.05) is 18.5 Å². The fraction of sp³-hybridized carbons (Fsp3) is 0.278. The number of halogens is 6. The van der Waals surface area contributed by atoms with Crippen LogP contribution >= 0.6 is 11.6 Å². The molecule has 2 aromatic rings. The Kier molecular flexibility index (Phi) is 6.77. The predicted molar refractivity (Wildman–Crippen MR) is 93.4 cm³/mol. The SMILES string of the molecule is C[C@H](CC(O)C(F)(F)F)c1cc(NC(=O)c2ncc(C#N)cc2Cl)cc(F)c1F. The minimum Gasteiger partial charge on any atom is -0.384 e. The predicted octanol–water partition coefficient (Wildman–Crippen LogP) is 4.55. The van der Waals surface area contributed by atoms with Gasteiger partial charge in [0.1, 0.15) is 17.9 Å². The van der Waals surface area contributed by atoms with Crippen LogP contribution in [0.3, 0.4) is 0 Å². The lowest BCUT2D eigenvalue weighted by Crippen LogP contribution is -2.30. The molecule has 29 heavy (non-hydrogen) atoms. The number of nitrogens with zero attached hydrogens (tertiary/aromatic N) is 2. The maximum atomic E-state index is 14.1. The molecule has 1 unspecified atom stereocenters. The second kappa shape index (κ2) is 8.71. The van der Waals surface area contributed by atoms with Gasteiger partial charge in [0, 0.05) is 18.0 Å². The van der Waals surface area contributed by atoms with Crippen LogP contribution in [0.15, 0.2) is 24.4 Å². The maximum absolute atomic E-state index is 14.1. The van der Waals surface area contributed by atoms with E-state index in [1.165, 1.54) is 13.0 Å². The van der Waals surface area contributed by atoms with Crippen molar-refractivity contribution >= 4 is 23.2 Å². The normalized spacial score (nSPS) is 13.5. The van der Waals surface area contributed by atoms with Crippen molar-refractivity contribution in [3.63, 3.8) is 0 Å². The summed E-state index contributed by atoms with van der Waals surface area (Å²) >= 11 is 5.86. The minimum atomic E-state index is -4.91.